The van der Waals surface area contributed by atoms with E-state index in [1.807, 2.05) is 0 Å². The van der Waals surface area contributed by atoms with Crippen LogP contribution in [0.15, 0.2) is 0 Å². The highest BCUT2D eigenvalue weighted by Crippen LogP contribution is 2.64. The van der Waals surface area contributed by atoms with Gasteiger partial charge in [-0.05, 0) is 56.3 Å². The van der Waals surface area contributed by atoms with E-state index in [0.717, 1.165) is 5.92 Å². The van der Waals surface area contributed by atoms with E-state index in [1.165, 1.54) is 25.7 Å². The first-order chi connectivity index (χ1) is 4.56. The van der Waals surface area contributed by atoms with E-state index >= 15 is 0 Å². The molecule has 0 aromatic heterocycles. The van der Waals surface area contributed by atoms with Crippen molar-refractivity contribution in [2.45, 2.75) is 32.6 Å². The topological polar surface area (TPSA) is 0 Å². The van der Waals surface area contributed by atoms with Gasteiger partial charge in [-0.3, -0.25) is 0 Å². The zero-order valence-electron chi connectivity index (χ0n) is 6.82. The van der Waals surface area contributed by atoms with Gasteiger partial charge in [0.05, 0.1) is 0 Å². The molecule has 0 aliphatic heterocycles. The summed E-state index contributed by atoms with van der Waals surface area (Å²) in [7, 11) is 0. The maximum atomic E-state index is 4.25. The van der Waals surface area contributed by atoms with E-state index < -0.39 is 0 Å². The van der Waals surface area contributed by atoms with Crippen LogP contribution in [0, 0.1) is 30.6 Å². The molecule has 0 aromatic carbocycles. The molecule has 2 aliphatic rings. The van der Waals surface area contributed by atoms with E-state index in [4.69, 9.17) is 0 Å². The molecule has 2 fully saturated rings. The Morgan fingerprint density at radius 3 is 1.80 bits per heavy atom. The van der Waals surface area contributed by atoms with Crippen LogP contribution in [0.2, 0.25) is 0 Å². The molecule has 10 heavy (non-hydrogen) atoms. The van der Waals surface area contributed by atoms with E-state index in [9.17, 15) is 0 Å². The van der Waals surface area contributed by atoms with Crippen LogP contribution in [0.5, 0.6) is 0 Å². The van der Waals surface area contributed by atoms with Crippen LogP contribution in [0.3, 0.4) is 0 Å². The first-order valence-corrected chi connectivity index (χ1v) is 4.27. The predicted octanol–water partition coefficient (Wildman–Crippen LogP) is 2.85. The van der Waals surface area contributed by atoms with Crippen molar-refractivity contribution in [3.8, 4) is 0 Å². The minimum atomic E-state index is 0.160. The van der Waals surface area contributed by atoms with Crippen molar-refractivity contribution < 1.29 is 0 Å². The Morgan fingerprint density at radius 2 is 1.70 bits per heavy atom. The number of rotatable bonds is 0. The first kappa shape index (κ1) is 6.69. The highest BCUT2D eigenvalue weighted by Gasteiger charge is 2.55. The fourth-order valence-electron chi connectivity index (χ4n) is 2.80. The summed E-state index contributed by atoms with van der Waals surface area (Å²) in [6.07, 6.45) is 5.49. The number of hydrogen-bond donors (Lipinski definition) is 0. The largest absolute Gasteiger partial charge is 0.0591 e. The molecule has 56 valence electrons. The smallest absolute Gasteiger partial charge is 0.0215 e. The molecular formula is C10H16. The summed E-state index contributed by atoms with van der Waals surface area (Å²) in [5, 5.41) is 0. The minimum Gasteiger partial charge on any atom is -0.0591 e. The lowest BCUT2D eigenvalue weighted by molar-refractivity contribution is 0.216. The second-order valence-electron chi connectivity index (χ2n) is 4.49. The van der Waals surface area contributed by atoms with Crippen LogP contribution in [-0.4, -0.2) is 0 Å². The molecule has 2 bridgehead atoms. The van der Waals surface area contributed by atoms with E-state index in [2.05, 4.69) is 20.8 Å². The van der Waals surface area contributed by atoms with Gasteiger partial charge >= 0.3 is 0 Å². The van der Waals surface area contributed by atoms with Crippen LogP contribution < -0.4 is 0 Å². The van der Waals surface area contributed by atoms with Gasteiger partial charge in [0.15, 0.2) is 0 Å². The molecule has 0 spiro atoms. The van der Waals surface area contributed by atoms with E-state index in [0.29, 0.717) is 5.41 Å². The fourth-order valence-corrected chi connectivity index (χ4v) is 2.80. The zero-order valence-corrected chi connectivity index (χ0v) is 6.82. The lowest BCUT2D eigenvalue weighted by atomic mass is 9.71. The molecular weight excluding hydrogens is 120 g/mol. The van der Waals surface area contributed by atoms with Gasteiger partial charge in [0.25, 0.3) is 0 Å². The van der Waals surface area contributed by atoms with Crippen LogP contribution in [-0.2, 0) is 0 Å². The van der Waals surface area contributed by atoms with Crippen LogP contribution in [0.25, 0.3) is 0 Å². The molecule has 0 saturated heterocycles. The Labute approximate surface area is 64.0 Å². The van der Waals surface area contributed by atoms with Gasteiger partial charge in [-0.15, -0.1) is 0 Å². The molecule has 2 rings (SSSR count). The quantitative estimate of drug-likeness (QED) is 0.480. The highest BCUT2D eigenvalue weighted by atomic mass is 14.6. The zero-order chi connectivity index (χ0) is 7.41. The van der Waals surface area contributed by atoms with Gasteiger partial charge in [0, 0.05) is 0 Å². The maximum Gasteiger partial charge on any atom is -0.0215 e. The van der Waals surface area contributed by atoms with Gasteiger partial charge in [-0.1, -0.05) is 6.92 Å². The van der Waals surface area contributed by atoms with Crippen LogP contribution >= 0.6 is 0 Å². The van der Waals surface area contributed by atoms with Crippen molar-refractivity contribution >= 4 is 0 Å². The van der Waals surface area contributed by atoms with Crippen molar-refractivity contribution in [1.29, 1.82) is 0 Å². The monoisotopic (exact) mass is 136 g/mol. The molecule has 2 saturated carbocycles. The third-order valence-corrected chi connectivity index (χ3v) is 4.07. The summed E-state index contributed by atoms with van der Waals surface area (Å²) < 4.78 is 0. The normalized spacial score (nSPS) is 50.1. The molecule has 0 aromatic rings. The molecule has 0 amide bonds. The van der Waals surface area contributed by atoms with Crippen LogP contribution in [0.1, 0.15) is 32.6 Å². The Bertz CT molecular complexity index is 145. The molecule has 0 N–H and O–H groups in total. The summed E-state index contributed by atoms with van der Waals surface area (Å²) in [5.74, 6) is 0.831. The Hall–Kier alpha value is 0. The van der Waals surface area contributed by atoms with E-state index in [1.54, 1.807) is 0 Å². The summed E-state index contributed by atoms with van der Waals surface area (Å²) >= 11 is 0. The van der Waals surface area contributed by atoms with Crippen molar-refractivity contribution in [1.82, 2.24) is 0 Å². The van der Waals surface area contributed by atoms with Gasteiger partial charge in [-0.2, -0.15) is 0 Å². The number of hydrogen-bond acceptors (Lipinski definition) is 0. The third-order valence-electron chi connectivity index (χ3n) is 4.07. The average Bonchev–Trinajstić information content (AvgIpc) is 2.18. The summed E-state index contributed by atoms with van der Waals surface area (Å²) in [6.45, 7) is 10.9. The minimum absolute atomic E-state index is 0.160. The van der Waals surface area contributed by atoms with Crippen molar-refractivity contribution in [2.24, 2.45) is 16.7 Å². The van der Waals surface area contributed by atoms with Gasteiger partial charge in [-0.25, -0.2) is 0 Å². The molecule has 2 radical (unpaired) electrons. The fraction of sp³-hybridized carbons (Fsp3) is 0.800. The SMILES string of the molecule is [CH2]C1([CH2])C2CCC1(C)CC2. The summed E-state index contributed by atoms with van der Waals surface area (Å²) in [6, 6.07) is 0. The molecule has 2 aliphatic carbocycles. The van der Waals surface area contributed by atoms with Crippen molar-refractivity contribution in [3.63, 3.8) is 0 Å². The molecule has 0 heteroatoms. The van der Waals surface area contributed by atoms with Crippen molar-refractivity contribution in [3.05, 3.63) is 13.8 Å². The average molecular weight is 136 g/mol. The predicted molar refractivity (Wildman–Crippen MR) is 43.2 cm³/mol. The third kappa shape index (κ3) is 0.538. The summed E-state index contributed by atoms with van der Waals surface area (Å²) in [5.41, 5.74) is 0.644. The van der Waals surface area contributed by atoms with E-state index in [-0.39, 0.29) is 5.41 Å². The van der Waals surface area contributed by atoms with Crippen molar-refractivity contribution in [2.75, 3.05) is 0 Å². The lowest BCUT2D eigenvalue weighted by Gasteiger charge is -2.33. The highest BCUT2D eigenvalue weighted by molar-refractivity contribution is 5.12. The Morgan fingerprint density at radius 1 is 1.20 bits per heavy atom. The van der Waals surface area contributed by atoms with Gasteiger partial charge < -0.3 is 0 Å². The standard InChI is InChI=1S/C10H16/c1-9(2)8-4-6-10(9,3)7-5-8/h8H,1-2,4-7H2,3H3. The summed E-state index contributed by atoms with van der Waals surface area (Å²) in [4.78, 5) is 0. The van der Waals surface area contributed by atoms with Crippen LogP contribution in [0.4, 0.5) is 0 Å². The second kappa shape index (κ2) is 1.60. The van der Waals surface area contributed by atoms with Gasteiger partial charge in [0.2, 0.25) is 0 Å². The molecule has 0 unspecified atom stereocenters. The molecule has 0 heterocycles. The Balaban J connectivity index is 2.37. The lowest BCUT2D eigenvalue weighted by Crippen LogP contribution is -2.27. The first-order valence-electron chi connectivity index (χ1n) is 4.27. The molecule has 0 nitrogen and oxygen atoms in total. The maximum absolute atomic E-state index is 4.25. The number of fused-ring (bicyclic) bond motifs is 2. The van der Waals surface area contributed by atoms with Gasteiger partial charge in [0.1, 0.15) is 0 Å². The Kier molecular flexibility index (Phi) is 1.07. The molecule has 0 atom stereocenters. The second-order valence-corrected chi connectivity index (χ2v) is 4.49.